The van der Waals surface area contributed by atoms with Gasteiger partial charge in [-0.2, -0.15) is 0 Å². The first kappa shape index (κ1) is 18.1. The zero-order valence-corrected chi connectivity index (χ0v) is 12.3. The van der Waals surface area contributed by atoms with Gasteiger partial charge in [0.05, 0.1) is 5.69 Å². The molecule has 1 rings (SSSR count). The lowest BCUT2D eigenvalue weighted by Gasteiger charge is -2.00. The average Bonchev–Trinajstić information content (AvgIpc) is 2.70. The Morgan fingerprint density at radius 3 is 2.24 bits per heavy atom. The van der Waals surface area contributed by atoms with Gasteiger partial charge in [-0.1, -0.05) is 27.7 Å². The zero-order valence-electron chi connectivity index (χ0n) is 12.3. The molecule has 1 N–H and O–H groups in total. The molecule has 1 aromatic heterocycles. The highest BCUT2D eigenvalue weighted by Gasteiger charge is 2.04. The molecule has 100 valence electrons. The van der Waals surface area contributed by atoms with Crippen LogP contribution < -0.4 is 5.32 Å². The number of amides is 1. The number of nitrogens with one attached hydrogen (secondary N) is 1. The van der Waals surface area contributed by atoms with Crippen LogP contribution in [-0.2, 0) is 18.3 Å². The fourth-order valence-electron chi connectivity index (χ4n) is 1.25. The number of hydrogen-bond acceptors (Lipinski definition) is 2. The van der Waals surface area contributed by atoms with Crippen molar-refractivity contribution >= 4 is 5.91 Å². The standard InChI is InChI=1S/C9H15N3O.2C2H6/c1-7-6-12(3)8(11-7)4-5-9(13)10-2;2*1-2/h6H,4-5H2,1-3H3,(H,10,13);2*1-2H3. The van der Waals surface area contributed by atoms with Gasteiger partial charge >= 0.3 is 0 Å². The number of hydrogen-bond donors (Lipinski definition) is 1. The minimum absolute atomic E-state index is 0.0562. The third-order valence-corrected chi connectivity index (χ3v) is 1.95. The third-order valence-electron chi connectivity index (χ3n) is 1.95. The Morgan fingerprint density at radius 1 is 1.35 bits per heavy atom. The van der Waals surface area contributed by atoms with Crippen molar-refractivity contribution < 1.29 is 4.79 Å². The highest BCUT2D eigenvalue weighted by atomic mass is 16.1. The highest BCUT2D eigenvalue weighted by Crippen LogP contribution is 2.02. The summed E-state index contributed by atoms with van der Waals surface area (Å²) in [4.78, 5) is 15.3. The van der Waals surface area contributed by atoms with Crippen LogP contribution in [0.3, 0.4) is 0 Å². The largest absolute Gasteiger partial charge is 0.359 e. The molecule has 0 unspecified atom stereocenters. The number of carbonyl (C=O) groups is 1. The van der Waals surface area contributed by atoms with Crippen LogP contribution in [-0.4, -0.2) is 22.5 Å². The molecule has 0 saturated carbocycles. The summed E-state index contributed by atoms with van der Waals surface area (Å²) in [5.41, 5.74) is 0.995. The predicted octanol–water partition coefficient (Wildman–Crippen LogP) is 2.46. The first-order valence-corrected chi connectivity index (χ1v) is 6.33. The van der Waals surface area contributed by atoms with Gasteiger partial charge in [0.25, 0.3) is 0 Å². The van der Waals surface area contributed by atoms with Crippen LogP contribution >= 0.6 is 0 Å². The molecule has 0 spiro atoms. The predicted molar refractivity (Wildman–Crippen MR) is 73.0 cm³/mol. The van der Waals surface area contributed by atoms with E-state index in [1.165, 1.54) is 0 Å². The van der Waals surface area contributed by atoms with Crippen molar-refractivity contribution in [2.75, 3.05) is 7.05 Å². The lowest BCUT2D eigenvalue weighted by atomic mass is 10.3. The zero-order chi connectivity index (χ0) is 13.8. The van der Waals surface area contributed by atoms with E-state index in [0.29, 0.717) is 12.8 Å². The van der Waals surface area contributed by atoms with Gasteiger partial charge in [0.15, 0.2) is 0 Å². The maximum absolute atomic E-state index is 11.0. The van der Waals surface area contributed by atoms with Gasteiger partial charge in [0, 0.05) is 33.1 Å². The molecule has 0 saturated heterocycles. The molecule has 0 fully saturated rings. The van der Waals surface area contributed by atoms with Crippen LogP contribution in [0.2, 0.25) is 0 Å². The molecule has 0 aromatic carbocycles. The van der Waals surface area contributed by atoms with Crippen molar-refractivity contribution in [1.82, 2.24) is 14.9 Å². The second-order valence-corrected chi connectivity index (χ2v) is 3.08. The van der Waals surface area contributed by atoms with Crippen molar-refractivity contribution in [2.45, 2.75) is 47.5 Å². The van der Waals surface area contributed by atoms with Gasteiger partial charge in [-0.3, -0.25) is 4.79 Å². The Bertz CT molecular complexity index is 306. The Morgan fingerprint density at radius 2 is 1.88 bits per heavy atom. The van der Waals surface area contributed by atoms with Gasteiger partial charge in [0.1, 0.15) is 5.82 Å². The van der Waals surface area contributed by atoms with Crippen LogP contribution in [0.25, 0.3) is 0 Å². The normalized spacial score (nSPS) is 8.41. The number of imidazole rings is 1. The first-order chi connectivity index (χ1) is 8.13. The van der Waals surface area contributed by atoms with E-state index in [9.17, 15) is 4.79 Å². The van der Waals surface area contributed by atoms with Crippen LogP contribution in [0, 0.1) is 6.92 Å². The Hall–Kier alpha value is -1.32. The number of aromatic nitrogens is 2. The van der Waals surface area contributed by atoms with Crippen LogP contribution in [0.15, 0.2) is 6.20 Å². The first-order valence-electron chi connectivity index (χ1n) is 6.33. The van der Waals surface area contributed by atoms with E-state index < -0.39 is 0 Å². The van der Waals surface area contributed by atoms with Gasteiger partial charge in [0.2, 0.25) is 5.91 Å². The molecular weight excluding hydrogens is 214 g/mol. The van der Waals surface area contributed by atoms with Crippen molar-refractivity contribution in [1.29, 1.82) is 0 Å². The van der Waals surface area contributed by atoms with Gasteiger partial charge in [-0.15, -0.1) is 0 Å². The van der Waals surface area contributed by atoms with Gasteiger partial charge in [-0.25, -0.2) is 4.98 Å². The van der Waals surface area contributed by atoms with Crippen LogP contribution in [0.1, 0.15) is 45.6 Å². The Labute approximate surface area is 105 Å². The number of carbonyl (C=O) groups excluding carboxylic acids is 1. The summed E-state index contributed by atoms with van der Waals surface area (Å²) in [5.74, 6) is 1.02. The van der Waals surface area contributed by atoms with Crippen molar-refractivity contribution in [3.8, 4) is 0 Å². The molecule has 0 bridgehead atoms. The maximum Gasteiger partial charge on any atom is 0.220 e. The van der Waals surface area contributed by atoms with Crippen LogP contribution in [0.5, 0.6) is 0 Å². The summed E-state index contributed by atoms with van der Waals surface area (Å²) in [6.07, 6.45) is 3.16. The topological polar surface area (TPSA) is 46.9 Å². The minimum atomic E-state index is 0.0562. The lowest BCUT2D eigenvalue weighted by Crippen LogP contribution is -2.18. The molecule has 1 amide bonds. The van der Waals surface area contributed by atoms with Gasteiger partial charge < -0.3 is 9.88 Å². The van der Waals surface area contributed by atoms with Crippen molar-refractivity contribution in [3.05, 3.63) is 17.7 Å². The van der Waals surface area contributed by atoms with E-state index in [1.54, 1.807) is 7.05 Å². The van der Waals surface area contributed by atoms with Crippen molar-refractivity contribution in [2.24, 2.45) is 7.05 Å². The summed E-state index contributed by atoms with van der Waals surface area (Å²) in [5, 5.41) is 2.59. The summed E-state index contributed by atoms with van der Waals surface area (Å²) in [7, 11) is 3.59. The van der Waals surface area contributed by atoms with Crippen molar-refractivity contribution in [3.63, 3.8) is 0 Å². The molecule has 17 heavy (non-hydrogen) atoms. The smallest absolute Gasteiger partial charge is 0.220 e. The summed E-state index contributed by atoms with van der Waals surface area (Å²) in [6, 6.07) is 0. The maximum atomic E-state index is 11.0. The average molecular weight is 241 g/mol. The van der Waals surface area contributed by atoms with E-state index in [-0.39, 0.29) is 5.91 Å². The molecule has 1 aromatic rings. The summed E-state index contributed by atoms with van der Waals surface area (Å²) in [6.45, 7) is 9.95. The minimum Gasteiger partial charge on any atom is -0.359 e. The van der Waals surface area contributed by atoms with E-state index in [0.717, 1.165) is 11.5 Å². The number of rotatable bonds is 3. The third kappa shape index (κ3) is 7.55. The summed E-state index contributed by atoms with van der Waals surface area (Å²) < 4.78 is 1.96. The molecule has 1 heterocycles. The fourth-order valence-corrected chi connectivity index (χ4v) is 1.25. The molecule has 0 atom stereocenters. The van der Waals surface area contributed by atoms with E-state index in [1.807, 2.05) is 52.4 Å². The lowest BCUT2D eigenvalue weighted by molar-refractivity contribution is -0.120. The number of aryl methyl sites for hydroxylation is 3. The molecule has 0 aliphatic carbocycles. The molecule has 4 nitrogen and oxygen atoms in total. The second kappa shape index (κ2) is 11.2. The van der Waals surface area contributed by atoms with E-state index in [2.05, 4.69) is 10.3 Å². The van der Waals surface area contributed by atoms with Crippen LogP contribution in [0.4, 0.5) is 0 Å². The highest BCUT2D eigenvalue weighted by molar-refractivity contribution is 5.75. The van der Waals surface area contributed by atoms with Gasteiger partial charge in [-0.05, 0) is 6.92 Å². The number of nitrogens with zero attached hydrogens (tertiary/aromatic N) is 2. The SMILES string of the molecule is CC.CC.CNC(=O)CCc1nc(C)cn1C. The summed E-state index contributed by atoms with van der Waals surface area (Å²) >= 11 is 0. The quantitative estimate of drug-likeness (QED) is 0.883. The second-order valence-electron chi connectivity index (χ2n) is 3.08. The van der Waals surface area contributed by atoms with E-state index >= 15 is 0 Å². The molecular formula is C13H27N3O. The van der Waals surface area contributed by atoms with E-state index in [4.69, 9.17) is 0 Å². The molecule has 0 radical (unpaired) electrons. The molecule has 0 aliphatic heterocycles. The Balaban J connectivity index is 0. The fraction of sp³-hybridized carbons (Fsp3) is 0.692. The molecule has 0 aliphatic rings. The monoisotopic (exact) mass is 241 g/mol. The molecule has 4 heteroatoms. The Kier molecular flexibility index (Phi) is 11.9.